The highest BCUT2D eigenvalue weighted by molar-refractivity contribution is 4.96. The van der Waals surface area contributed by atoms with Crippen molar-refractivity contribution in [3.8, 4) is 0 Å². The molecule has 0 saturated carbocycles. The maximum Gasteiger partial charge on any atom is 0.187 e. The summed E-state index contributed by atoms with van der Waals surface area (Å²) < 4.78 is 26.2. The Labute approximate surface area is 192 Å². The second-order valence-corrected chi connectivity index (χ2v) is 8.33. The van der Waals surface area contributed by atoms with Crippen LogP contribution in [0, 0.1) is 0 Å². The van der Waals surface area contributed by atoms with Crippen molar-refractivity contribution in [3.63, 3.8) is 0 Å². The minimum Gasteiger partial charge on any atom is -0.394 e. The number of hydrogen-bond acceptors (Lipinski definition) is 16. The third kappa shape index (κ3) is 5.37. The van der Waals surface area contributed by atoms with Gasteiger partial charge in [0.15, 0.2) is 18.9 Å². The number of ether oxygens (including phenoxy) is 5. The van der Waals surface area contributed by atoms with Crippen LogP contribution in [-0.4, -0.2) is 168 Å². The Balaban J connectivity index is 1.78. The van der Waals surface area contributed by atoms with E-state index in [-0.39, 0.29) is 0 Å². The van der Waals surface area contributed by atoms with Crippen LogP contribution in [0.4, 0.5) is 0 Å². The van der Waals surface area contributed by atoms with Crippen LogP contribution in [0.3, 0.4) is 0 Å². The number of aliphatic hydroxyl groups is 11. The molecule has 0 bridgehead atoms. The molecular weight excluding hydrogens is 472 g/mol. The van der Waals surface area contributed by atoms with Gasteiger partial charge in [-0.05, 0) is 0 Å². The van der Waals surface area contributed by atoms with E-state index in [1.807, 2.05) is 0 Å². The Hall–Kier alpha value is -0.640. The predicted molar refractivity (Wildman–Crippen MR) is 101 cm³/mol. The third-order valence-corrected chi connectivity index (χ3v) is 6.09. The van der Waals surface area contributed by atoms with E-state index in [1.165, 1.54) is 0 Å². The minimum absolute atomic E-state index is 0.750. The van der Waals surface area contributed by atoms with E-state index in [2.05, 4.69) is 0 Å². The molecule has 3 heterocycles. The van der Waals surface area contributed by atoms with Crippen molar-refractivity contribution in [2.24, 2.45) is 0 Å². The van der Waals surface area contributed by atoms with Gasteiger partial charge in [-0.15, -0.1) is 0 Å². The van der Waals surface area contributed by atoms with Crippen molar-refractivity contribution in [3.05, 3.63) is 0 Å². The lowest BCUT2D eigenvalue weighted by Crippen LogP contribution is -2.66. The summed E-state index contributed by atoms with van der Waals surface area (Å²) in [5, 5.41) is 110. The van der Waals surface area contributed by atoms with Gasteiger partial charge in [-0.3, -0.25) is 0 Å². The number of aliphatic hydroxyl groups excluding tert-OH is 11. The molecule has 0 radical (unpaired) electrons. The van der Waals surface area contributed by atoms with Crippen LogP contribution in [0.1, 0.15) is 0 Å². The van der Waals surface area contributed by atoms with Crippen LogP contribution in [0.25, 0.3) is 0 Å². The van der Waals surface area contributed by atoms with Crippen LogP contribution >= 0.6 is 0 Å². The molecule has 3 aliphatic rings. The van der Waals surface area contributed by atoms with Crippen LogP contribution < -0.4 is 0 Å². The minimum atomic E-state index is -1.92. The quantitative estimate of drug-likeness (QED) is 0.154. The van der Waals surface area contributed by atoms with Gasteiger partial charge < -0.3 is 79.9 Å². The fraction of sp³-hybridized carbons (Fsp3) is 1.00. The summed E-state index contributed by atoms with van der Waals surface area (Å²) in [6.07, 6.45) is -25.5. The molecule has 3 aliphatic heterocycles. The molecule has 15 atom stereocenters. The average Bonchev–Trinajstić information content (AvgIpc) is 2.82. The molecule has 3 rings (SSSR count). The summed E-state index contributed by atoms with van der Waals surface area (Å²) in [7, 11) is 0. The van der Waals surface area contributed by atoms with E-state index < -0.39 is 112 Å². The molecule has 0 aromatic heterocycles. The van der Waals surface area contributed by atoms with E-state index in [1.54, 1.807) is 0 Å². The molecule has 3 saturated heterocycles. The maximum atomic E-state index is 10.7. The first-order chi connectivity index (χ1) is 16.0. The SMILES string of the molecule is OC[C@H]1O[C@H](O[C@@H]2[C@@H](O)[C@@H](O[C@H]3[C@H](O)[C@@H](CO)OC(O)[C@@H]3O)O[C@H](CO)[C@H]2O)[C@H](O)[C@@H](O)[C@@H]1O. The van der Waals surface area contributed by atoms with Gasteiger partial charge in [-0.1, -0.05) is 0 Å². The standard InChI is InChI=1S/C18H32O16/c19-1-4-7(22)10(25)11(26)17(31-4)34-15-9(24)6(3-21)32-18(13(15)28)33-14-8(23)5(2-20)30-16(29)12(14)27/h4-29H,1-3H2/t4-,5-,6-,7-,8-,9-,10+,11-,12-,13-,14+,15+,16?,17-,18-/m1/s1. The summed E-state index contributed by atoms with van der Waals surface area (Å²) in [4.78, 5) is 0. The Kier molecular flexibility index (Phi) is 9.54. The van der Waals surface area contributed by atoms with Crippen molar-refractivity contribution in [1.82, 2.24) is 0 Å². The molecule has 0 aliphatic carbocycles. The van der Waals surface area contributed by atoms with Gasteiger partial charge in [0.25, 0.3) is 0 Å². The van der Waals surface area contributed by atoms with E-state index in [0.29, 0.717) is 0 Å². The second kappa shape index (κ2) is 11.6. The van der Waals surface area contributed by atoms with Crippen LogP contribution in [0.2, 0.25) is 0 Å². The molecule has 200 valence electrons. The molecule has 3 fully saturated rings. The highest BCUT2D eigenvalue weighted by Crippen LogP contribution is 2.32. The van der Waals surface area contributed by atoms with Crippen LogP contribution in [0.15, 0.2) is 0 Å². The van der Waals surface area contributed by atoms with Gasteiger partial charge in [0.05, 0.1) is 19.8 Å². The zero-order valence-electron chi connectivity index (χ0n) is 17.7. The molecular formula is C18H32O16. The molecule has 0 aromatic rings. The smallest absolute Gasteiger partial charge is 0.187 e. The molecule has 1 unspecified atom stereocenters. The van der Waals surface area contributed by atoms with Crippen molar-refractivity contribution in [1.29, 1.82) is 0 Å². The lowest BCUT2D eigenvalue weighted by molar-refractivity contribution is -0.379. The van der Waals surface area contributed by atoms with Crippen molar-refractivity contribution in [2.75, 3.05) is 19.8 Å². The van der Waals surface area contributed by atoms with Gasteiger partial charge >= 0.3 is 0 Å². The first kappa shape index (κ1) is 27.9. The molecule has 0 spiro atoms. The number of hydrogen-bond donors (Lipinski definition) is 11. The molecule has 0 aromatic carbocycles. The van der Waals surface area contributed by atoms with E-state index in [4.69, 9.17) is 23.7 Å². The Morgan fingerprint density at radius 3 is 1.35 bits per heavy atom. The number of rotatable bonds is 7. The summed E-state index contributed by atoms with van der Waals surface area (Å²) in [5.41, 5.74) is 0. The lowest BCUT2D eigenvalue weighted by Gasteiger charge is -2.47. The summed E-state index contributed by atoms with van der Waals surface area (Å²) >= 11 is 0. The molecule has 16 nitrogen and oxygen atoms in total. The van der Waals surface area contributed by atoms with Crippen molar-refractivity contribution < 1.29 is 79.9 Å². The van der Waals surface area contributed by atoms with Crippen molar-refractivity contribution >= 4 is 0 Å². The zero-order valence-corrected chi connectivity index (χ0v) is 17.7. The molecule has 11 N–H and O–H groups in total. The van der Waals surface area contributed by atoms with Crippen LogP contribution in [0.5, 0.6) is 0 Å². The molecule has 16 heteroatoms. The summed E-state index contributed by atoms with van der Waals surface area (Å²) in [6.45, 7) is -2.33. The van der Waals surface area contributed by atoms with E-state index in [9.17, 15) is 56.2 Å². The first-order valence-electron chi connectivity index (χ1n) is 10.6. The van der Waals surface area contributed by atoms with Gasteiger partial charge in [0.1, 0.15) is 73.2 Å². The van der Waals surface area contributed by atoms with Gasteiger partial charge in [-0.2, -0.15) is 0 Å². The summed E-state index contributed by atoms with van der Waals surface area (Å²) in [6, 6.07) is 0. The Morgan fingerprint density at radius 1 is 0.441 bits per heavy atom. The maximum absolute atomic E-state index is 10.7. The van der Waals surface area contributed by atoms with Gasteiger partial charge in [0, 0.05) is 0 Å². The predicted octanol–water partition coefficient (Wildman–Crippen LogP) is -7.57. The lowest BCUT2D eigenvalue weighted by atomic mass is 9.96. The van der Waals surface area contributed by atoms with E-state index in [0.717, 1.165) is 0 Å². The fourth-order valence-corrected chi connectivity index (χ4v) is 4.04. The van der Waals surface area contributed by atoms with Gasteiger partial charge in [0.2, 0.25) is 0 Å². The third-order valence-electron chi connectivity index (χ3n) is 6.09. The van der Waals surface area contributed by atoms with Crippen molar-refractivity contribution in [2.45, 2.75) is 92.1 Å². The van der Waals surface area contributed by atoms with E-state index >= 15 is 0 Å². The molecule has 0 amide bonds. The highest BCUT2D eigenvalue weighted by Gasteiger charge is 2.53. The largest absolute Gasteiger partial charge is 0.394 e. The zero-order chi connectivity index (χ0) is 25.3. The fourth-order valence-electron chi connectivity index (χ4n) is 4.04. The van der Waals surface area contributed by atoms with Gasteiger partial charge in [-0.25, -0.2) is 0 Å². The average molecular weight is 504 g/mol. The summed E-state index contributed by atoms with van der Waals surface area (Å²) in [5.74, 6) is 0. The highest BCUT2D eigenvalue weighted by atomic mass is 16.7. The second-order valence-electron chi connectivity index (χ2n) is 8.33. The normalized spacial score (nSPS) is 52.5. The topological polar surface area (TPSA) is 269 Å². The monoisotopic (exact) mass is 504 g/mol. The first-order valence-corrected chi connectivity index (χ1v) is 10.6. The van der Waals surface area contributed by atoms with Crippen LogP contribution in [-0.2, 0) is 23.7 Å². The molecule has 34 heavy (non-hydrogen) atoms. The Bertz CT molecular complexity index is 639. The Morgan fingerprint density at radius 2 is 0.853 bits per heavy atom.